The van der Waals surface area contributed by atoms with Gasteiger partial charge < -0.3 is 4.74 Å². The lowest BCUT2D eigenvalue weighted by molar-refractivity contribution is -0.140. The summed E-state index contributed by atoms with van der Waals surface area (Å²) >= 11 is 1.13. The van der Waals surface area contributed by atoms with Crippen LogP contribution in [-0.2, 0) is 15.7 Å². The summed E-state index contributed by atoms with van der Waals surface area (Å²) in [6, 6.07) is 2.23. The fraction of sp³-hybridized carbons (Fsp3) is 0.455. The molecular formula is C11H10F3NO2S. The van der Waals surface area contributed by atoms with Gasteiger partial charge in [0, 0.05) is 12.6 Å². The number of alkyl halides is 3. The van der Waals surface area contributed by atoms with Gasteiger partial charge in [0.05, 0.1) is 10.6 Å². The average Bonchev–Trinajstić information content (AvgIpc) is 2.57. The number of thioether (sulfide) groups is 1. The minimum Gasteiger partial charge on any atom is -0.462 e. The molecule has 1 fully saturated rings. The molecule has 7 heteroatoms. The van der Waals surface area contributed by atoms with Crippen LogP contribution in [0.2, 0.25) is 0 Å². The molecule has 0 aliphatic carbocycles. The number of rotatable bonds is 2. The van der Waals surface area contributed by atoms with E-state index < -0.39 is 11.7 Å². The lowest BCUT2D eigenvalue weighted by Crippen LogP contribution is -2.10. The van der Waals surface area contributed by atoms with Crippen molar-refractivity contribution in [2.45, 2.75) is 35.9 Å². The lowest BCUT2D eigenvalue weighted by Gasteiger charge is -2.08. The number of aromatic nitrogens is 1. The number of pyridine rings is 1. The van der Waals surface area contributed by atoms with Crippen molar-refractivity contribution in [3.05, 3.63) is 23.9 Å². The second kappa shape index (κ2) is 4.79. The van der Waals surface area contributed by atoms with E-state index >= 15 is 0 Å². The third-order valence-corrected chi connectivity index (χ3v) is 3.61. The van der Waals surface area contributed by atoms with Crippen molar-refractivity contribution in [2.75, 3.05) is 0 Å². The number of esters is 1. The molecule has 0 saturated carbocycles. The number of halogens is 3. The molecule has 0 spiro atoms. The van der Waals surface area contributed by atoms with Gasteiger partial charge in [-0.05, 0) is 19.1 Å². The average molecular weight is 277 g/mol. The van der Waals surface area contributed by atoms with Crippen LogP contribution in [-0.4, -0.2) is 22.3 Å². The molecule has 0 aromatic carbocycles. The van der Waals surface area contributed by atoms with Crippen LogP contribution in [0.25, 0.3) is 0 Å². The molecule has 0 unspecified atom stereocenters. The van der Waals surface area contributed by atoms with Crippen LogP contribution in [0.15, 0.2) is 23.4 Å². The zero-order chi connectivity index (χ0) is 13.3. The first-order valence-corrected chi connectivity index (χ1v) is 6.14. The summed E-state index contributed by atoms with van der Waals surface area (Å²) in [6.45, 7) is 1.78. The molecule has 0 bridgehead atoms. The Morgan fingerprint density at radius 1 is 1.44 bits per heavy atom. The van der Waals surface area contributed by atoms with Crippen LogP contribution in [0.1, 0.15) is 18.9 Å². The van der Waals surface area contributed by atoms with Crippen LogP contribution >= 0.6 is 11.8 Å². The zero-order valence-electron chi connectivity index (χ0n) is 9.40. The second-order valence-electron chi connectivity index (χ2n) is 3.97. The highest BCUT2D eigenvalue weighted by Gasteiger charge is 2.34. The molecule has 0 amide bonds. The maximum Gasteiger partial charge on any atom is 0.417 e. The number of hydrogen-bond acceptors (Lipinski definition) is 4. The van der Waals surface area contributed by atoms with Crippen LogP contribution in [0.4, 0.5) is 13.2 Å². The summed E-state index contributed by atoms with van der Waals surface area (Å²) in [5, 5.41) is 0.00304. The molecule has 1 aromatic heterocycles. The van der Waals surface area contributed by atoms with Crippen LogP contribution in [0.3, 0.4) is 0 Å². The quantitative estimate of drug-likeness (QED) is 0.779. The van der Waals surface area contributed by atoms with Gasteiger partial charge in [0.25, 0.3) is 0 Å². The molecular weight excluding hydrogens is 267 g/mol. The first kappa shape index (κ1) is 13.2. The second-order valence-corrected chi connectivity index (χ2v) is 5.20. The Hall–Kier alpha value is -1.24. The molecule has 0 N–H and O–H groups in total. The number of ether oxygens (including phenoxy) is 1. The molecule has 2 rings (SSSR count). The molecule has 1 aliphatic rings. The number of hydrogen-bond donors (Lipinski definition) is 0. The molecule has 1 aromatic rings. The van der Waals surface area contributed by atoms with Crippen molar-refractivity contribution < 1.29 is 22.7 Å². The van der Waals surface area contributed by atoms with Crippen molar-refractivity contribution in [3.8, 4) is 0 Å². The Kier molecular flexibility index (Phi) is 3.52. The minimum atomic E-state index is -4.39. The Balaban J connectivity index is 2.05. The maximum atomic E-state index is 12.3. The van der Waals surface area contributed by atoms with Crippen LogP contribution < -0.4 is 0 Å². The number of carbonyl (C=O) groups is 1. The van der Waals surface area contributed by atoms with Crippen molar-refractivity contribution in [3.63, 3.8) is 0 Å². The molecule has 1 saturated heterocycles. The number of nitrogens with zero attached hydrogens (tertiary/aromatic N) is 1. The van der Waals surface area contributed by atoms with Crippen molar-refractivity contribution >= 4 is 17.7 Å². The van der Waals surface area contributed by atoms with Gasteiger partial charge in [0.15, 0.2) is 0 Å². The van der Waals surface area contributed by atoms with Crippen molar-refractivity contribution in [1.82, 2.24) is 4.98 Å². The van der Waals surface area contributed by atoms with Crippen molar-refractivity contribution in [2.24, 2.45) is 0 Å². The number of cyclic esters (lactones) is 1. The predicted octanol–water partition coefficient (Wildman–Crippen LogP) is 2.90. The monoisotopic (exact) mass is 277 g/mol. The van der Waals surface area contributed by atoms with Crippen LogP contribution in [0, 0.1) is 0 Å². The minimum absolute atomic E-state index is 0.149. The van der Waals surface area contributed by atoms with Gasteiger partial charge in [-0.3, -0.25) is 4.79 Å². The topological polar surface area (TPSA) is 39.2 Å². The van der Waals surface area contributed by atoms with E-state index in [0.29, 0.717) is 11.4 Å². The van der Waals surface area contributed by atoms with Gasteiger partial charge in [0.1, 0.15) is 11.4 Å². The highest BCUT2D eigenvalue weighted by molar-refractivity contribution is 8.00. The van der Waals surface area contributed by atoms with Gasteiger partial charge in [-0.25, -0.2) is 4.98 Å². The predicted molar refractivity (Wildman–Crippen MR) is 59.1 cm³/mol. The normalized spacial score (nSPS) is 24.1. The summed E-state index contributed by atoms with van der Waals surface area (Å²) in [7, 11) is 0. The highest BCUT2D eigenvalue weighted by Crippen LogP contribution is 2.33. The summed E-state index contributed by atoms with van der Waals surface area (Å²) < 4.78 is 41.9. The summed E-state index contributed by atoms with van der Waals surface area (Å²) in [5.74, 6) is -0.339. The van der Waals surface area contributed by atoms with E-state index in [2.05, 4.69) is 4.98 Å². The molecule has 98 valence electrons. The lowest BCUT2D eigenvalue weighted by atomic mass is 10.3. The standard InChI is InChI=1S/C11H10F3NO2S/c1-6-4-8(10(16)17-6)18-9-3-2-7(5-15-9)11(12,13)14/h2-3,5-6,8H,4H2,1H3/t6-,8-/m1/s1. The van der Waals surface area contributed by atoms with E-state index in [-0.39, 0.29) is 17.3 Å². The van der Waals surface area contributed by atoms with Gasteiger partial charge in [-0.1, -0.05) is 11.8 Å². The molecule has 2 atom stereocenters. The fourth-order valence-corrected chi connectivity index (χ4v) is 2.65. The van der Waals surface area contributed by atoms with E-state index in [9.17, 15) is 18.0 Å². The highest BCUT2D eigenvalue weighted by atomic mass is 32.2. The molecule has 2 heterocycles. The fourth-order valence-electron chi connectivity index (χ4n) is 1.58. The first-order valence-electron chi connectivity index (χ1n) is 5.26. The molecule has 0 radical (unpaired) electrons. The molecule has 18 heavy (non-hydrogen) atoms. The Bertz CT molecular complexity index is 447. The third-order valence-electron chi connectivity index (χ3n) is 2.45. The van der Waals surface area contributed by atoms with Crippen molar-refractivity contribution in [1.29, 1.82) is 0 Å². The van der Waals surface area contributed by atoms with E-state index in [1.165, 1.54) is 6.07 Å². The molecule has 1 aliphatic heterocycles. The summed E-state index contributed by atoms with van der Waals surface area (Å²) in [5.41, 5.74) is -0.797. The third kappa shape index (κ3) is 2.95. The van der Waals surface area contributed by atoms with Gasteiger partial charge >= 0.3 is 12.1 Å². The van der Waals surface area contributed by atoms with E-state index in [1.54, 1.807) is 6.92 Å². The number of carbonyl (C=O) groups excluding carboxylic acids is 1. The smallest absolute Gasteiger partial charge is 0.417 e. The van der Waals surface area contributed by atoms with E-state index in [4.69, 9.17) is 4.74 Å². The first-order chi connectivity index (χ1) is 8.36. The molecule has 3 nitrogen and oxygen atoms in total. The summed E-state index contributed by atoms with van der Waals surface area (Å²) in [6.07, 6.45) is -3.22. The Labute approximate surface area is 106 Å². The Morgan fingerprint density at radius 2 is 2.17 bits per heavy atom. The van der Waals surface area contributed by atoms with E-state index in [0.717, 1.165) is 24.0 Å². The maximum absolute atomic E-state index is 12.3. The zero-order valence-corrected chi connectivity index (χ0v) is 10.2. The largest absolute Gasteiger partial charge is 0.462 e. The van der Waals surface area contributed by atoms with Gasteiger partial charge in [-0.15, -0.1) is 0 Å². The summed E-state index contributed by atoms with van der Waals surface area (Å²) in [4.78, 5) is 15.1. The Morgan fingerprint density at radius 3 is 2.61 bits per heavy atom. The van der Waals surface area contributed by atoms with Gasteiger partial charge in [0.2, 0.25) is 0 Å². The SMILES string of the molecule is C[C@@H]1C[C@@H](Sc2ccc(C(F)(F)F)cn2)C(=O)O1. The van der Waals surface area contributed by atoms with Gasteiger partial charge in [-0.2, -0.15) is 13.2 Å². The van der Waals surface area contributed by atoms with Crippen LogP contribution in [0.5, 0.6) is 0 Å². The van der Waals surface area contributed by atoms with E-state index in [1.807, 2.05) is 0 Å².